The number of hydrogen-bond donors (Lipinski definition) is 2. The second-order valence-electron chi connectivity index (χ2n) is 8.89. The molecular formula is C32H34Cl2N4O2S. The molecule has 0 spiro atoms. The van der Waals surface area contributed by atoms with Crippen LogP contribution in [0.4, 0.5) is 11.4 Å². The molecule has 1 saturated heterocycles. The van der Waals surface area contributed by atoms with Gasteiger partial charge in [-0.15, -0.1) is 0 Å². The van der Waals surface area contributed by atoms with Gasteiger partial charge in [-0.2, -0.15) is 0 Å². The summed E-state index contributed by atoms with van der Waals surface area (Å²) in [5, 5.41) is 6.54. The molecule has 6 nitrogen and oxygen atoms in total. The van der Waals surface area contributed by atoms with Crippen LogP contribution in [-0.2, 0) is 4.74 Å². The van der Waals surface area contributed by atoms with Crippen molar-refractivity contribution >= 4 is 63.2 Å². The van der Waals surface area contributed by atoms with Crippen molar-refractivity contribution in [2.75, 3.05) is 28.7 Å². The molecule has 3 N–H and O–H groups in total. The second-order valence-corrected chi connectivity index (χ2v) is 11.0. The maximum Gasteiger partial charge on any atom is 0.255 e. The second kappa shape index (κ2) is 16.1. The van der Waals surface area contributed by atoms with E-state index >= 15 is 0 Å². The number of ether oxygens (including phenoxy) is 1. The number of aromatic nitrogens is 1. The lowest BCUT2D eigenvalue weighted by Gasteiger charge is -2.27. The molecule has 1 aliphatic heterocycles. The molecule has 9 heteroatoms. The monoisotopic (exact) mass is 608 g/mol. The van der Waals surface area contributed by atoms with Gasteiger partial charge in [-0.1, -0.05) is 60.1 Å². The van der Waals surface area contributed by atoms with Crippen LogP contribution in [0.3, 0.4) is 0 Å². The largest absolute Gasteiger partial charge is 0.405 e. The van der Waals surface area contributed by atoms with Gasteiger partial charge < -0.3 is 15.8 Å². The molecule has 1 aliphatic rings. The number of rotatable bonds is 4. The van der Waals surface area contributed by atoms with Crippen LogP contribution in [0.25, 0.3) is 22.0 Å². The van der Waals surface area contributed by atoms with E-state index in [-0.39, 0.29) is 5.91 Å². The number of amides is 1. The lowest BCUT2D eigenvalue weighted by Crippen LogP contribution is -2.26. The van der Waals surface area contributed by atoms with Crippen LogP contribution in [0.1, 0.15) is 29.8 Å². The lowest BCUT2D eigenvalue weighted by atomic mass is 10.0. The van der Waals surface area contributed by atoms with E-state index in [9.17, 15) is 4.79 Å². The fourth-order valence-electron chi connectivity index (χ4n) is 3.92. The Labute approximate surface area is 256 Å². The Morgan fingerprint density at radius 3 is 2.56 bits per heavy atom. The Hall–Kier alpha value is -3.49. The number of benzene rings is 3. The number of hydrogen-bond acceptors (Lipinski definition) is 6. The number of carbonyl (C=O) groups excluding carboxylic acids is 1. The van der Waals surface area contributed by atoms with Gasteiger partial charge in [0.15, 0.2) is 0 Å². The zero-order chi connectivity index (χ0) is 29.8. The fourth-order valence-corrected chi connectivity index (χ4v) is 4.95. The molecule has 0 aliphatic carbocycles. The minimum atomic E-state index is -0.166. The maximum atomic E-state index is 13.1. The number of fused-ring (bicyclic) bond motifs is 1. The van der Waals surface area contributed by atoms with E-state index in [1.165, 1.54) is 6.20 Å². The summed E-state index contributed by atoms with van der Waals surface area (Å²) in [7, 11) is 0. The van der Waals surface area contributed by atoms with Crippen LogP contribution >= 0.6 is 35.1 Å². The van der Waals surface area contributed by atoms with Crippen molar-refractivity contribution in [3.63, 3.8) is 0 Å². The Kier molecular flexibility index (Phi) is 12.6. The first-order valence-corrected chi connectivity index (χ1v) is 14.6. The third-order valence-electron chi connectivity index (χ3n) is 5.98. The van der Waals surface area contributed by atoms with Crippen LogP contribution in [0, 0.1) is 6.92 Å². The zero-order valence-corrected chi connectivity index (χ0v) is 25.7. The predicted molar refractivity (Wildman–Crippen MR) is 177 cm³/mol. The van der Waals surface area contributed by atoms with Crippen molar-refractivity contribution in [2.24, 2.45) is 5.73 Å². The summed E-state index contributed by atoms with van der Waals surface area (Å²) in [5.74, 6) is 0.756. The summed E-state index contributed by atoms with van der Waals surface area (Å²) in [6, 6.07) is 21.3. The molecular weight excluding hydrogens is 575 g/mol. The standard InChI is InChI=1S/C26H22ClN3O2S.C4H7Cl.C2H5N/c1-17-14-20(30-16-32-12-13-33-30)7-8-21(17)26(31)29-19-6-9-24(27)23(15-19)25-22-5-3-2-4-18(22)10-11-28-25;1-3-4(2)5;1-2-3/h2-11,14-15H,12-13,16H2,1H3,(H,29,31);3H,1-2H3;2H,1,3H2/b;4-3+;. The molecule has 0 radical (unpaired) electrons. The highest BCUT2D eigenvalue weighted by atomic mass is 35.5. The number of aryl methyl sites for hydroxylation is 1. The zero-order valence-electron chi connectivity index (χ0n) is 23.4. The van der Waals surface area contributed by atoms with E-state index in [1.54, 1.807) is 30.3 Å². The van der Waals surface area contributed by atoms with Gasteiger partial charge in [-0.05, 0) is 92.3 Å². The van der Waals surface area contributed by atoms with Crippen LogP contribution in [0.5, 0.6) is 0 Å². The molecule has 0 bridgehead atoms. The van der Waals surface area contributed by atoms with Crippen molar-refractivity contribution in [1.29, 1.82) is 0 Å². The molecule has 0 atom stereocenters. The van der Waals surface area contributed by atoms with Gasteiger partial charge in [0.1, 0.15) is 6.73 Å². The van der Waals surface area contributed by atoms with Crippen molar-refractivity contribution in [2.45, 2.75) is 20.8 Å². The van der Waals surface area contributed by atoms with Crippen LogP contribution < -0.4 is 15.4 Å². The molecule has 1 aromatic heterocycles. The highest BCUT2D eigenvalue weighted by molar-refractivity contribution is 8.00. The van der Waals surface area contributed by atoms with Crippen LogP contribution in [-0.4, -0.2) is 30.0 Å². The van der Waals surface area contributed by atoms with E-state index in [0.29, 0.717) is 23.0 Å². The third kappa shape index (κ3) is 9.00. The Morgan fingerprint density at radius 2 is 1.90 bits per heavy atom. The van der Waals surface area contributed by atoms with E-state index in [4.69, 9.17) is 27.9 Å². The topological polar surface area (TPSA) is 80.5 Å². The maximum absolute atomic E-state index is 13.1. The van der Waals surface area contributed by atoms with Gasteiger partial charge in [0.05, 0.1) is 17.3 Å². The normalized spacial score (nSPS) is 12.9. The third-order valence-corrected chi connectivity index (χ3v) is 7.50. The molecule has 4 aromatic rings. The van der Waals surface area contributed by atoms with E-state index in [0.717, 1.165) is 50.7 Å². The number of allylic oxidation sites excluding steroid dienone is 2. The number of halogens is 2. The summed E-state index contributed by atoms with van der Waals surface area (Å²) in [4.78, 5) is 17.6. The minimum absolute atomic E-state index is 0.166. The summed E-state index contributed by atoms with van der Waals surface area (Å²) in [5.41, 5.74) is 9.40. The van der Waals surface area contributed by atoms with Crippen LogP contribution in [0.15, 0.2) is 96.8 Å². The molecule has 5 rings (SSSR count). The average Bonchev–Trinajstić information content (AvgIpc) is 2.99. The molecule has 1 amide bonds. The number of pyridine rings is 1. The number of anilines is 2. The van der Waals surface area contributed by atoms with Gasteiger partial charge >= 0.3 is 0 Å². The first-order valence-electron chi connectivity index (χ1n) is 12.9. The Balaban J connectivity index is 0.000000515. The SMILES string of the molecule is C/C=C(\C)Cl.C=CN.Cc1cc(N2COCCS2)ccc1C(=O)Nc1ccc(Cl)c(-c2nccc3ccccc23)c1. The molecule has 0 unspecified atom stereocenters. The van der Waals surface area contributed by atoms with Gasteiger partial charge in [-0.3, -0.25) is 14.1 Å². The summed E-state index contributed by atoms with van der Waals surface area (Å²) in [6.45, 7) is 10.1. The van der Waals surface area contributed by atoms with Crippen molar-refractivity contribution in [3.05, 3.63) is 113 Å². The molecule has 3 aromatic carbocycles. The number of nitrogens with zero attached hydrogens (tertiary/aromatic N) is 2. The summed E-state index contributed by atoms with van der Waals surface area (Å²) >= 11 is 13.6. The molecule has 214 valence electrons. The summed E-state index contributed by atoms with van der Waals surface area (Å²) in [6.07, 6.45) is 4.87. The first-order chi connectivity index (χ1) is 19.8. The van der Waals surface area contributed by atoms with Crippen molar-refractivity contribution in [3.8, 4) is 11.3 Å². The van der Waals surface area contributed by atoms with E-state index < -0.39 is 0 Å². The lowest BCUT2D eigenvalue weighted by molar-refractivity contribution is 0.102. The van der Waals surface area contributed by atoms with Gasteiger partial charge in [-0.25, -0.2) is 0 Å². The number of nitrogens with one attached hydrogen (secondary N) is 1. The average molecular weight is 610 g/mol. The Bertz CT molecular complexity index is 1510. The Morgan fingerprint density at radius 1 is 1.17 bits per heavy atom. The molecule has 41 heavy (non-hydrogen) atoms. The molecule has 1 fully saturated rings. The van der Waals surface area contributed by atoms with Crippen LogP contribution in [0.2, 0.25) is 5.02 Å². The fraction of sp³-hybridized carbons (Fsp3) is 0.188. The van der Waals surface area contributed by atoms with Crippen molar-refractivity contribution in [1.82, 2.24) is 4.98 Å². The quantitative estimate of drug-likeness (QED) is 0.225. The van der Waals surface area contributed by atoms with Gasteiger partial charge in [0, 0.05) is 44.9 Å². The van der Waals surface area contributed by atoms with Gasteiger partial charge in [0.2, 0.25) is 0 Å². The van der Waals surface area contributed by atoms with Gasteiger partial charge in [0.25, 0.3) is 5.91 Å². The number of carbonyl (C=O) groups is 1. The number of nitrogens with two attached hydrogens (primary N) is 1. The van der Waals surface area contributed by atoms with Crippen molar-refractivity contribution < 1.29 is 9.53 Å². The highest BCUT2D eigenvalue weighted by Gasteiger charge is 2.17. The minimum Gasteiger partial charge on any atom is -0.405 e. The smallest absolute Gasteiger partial charge is 0.255 e. The summed E-state index contributed by atoms with van der Waals surface area (Å²) < 4.78 is 7.63. The molecule has 0 saturated carbocycles. The molecule has 2 heterocycles. The highest BCUT2D eigenvalue weighted by Crippen LogP contribution is 2.34. The van der Waals surface area contributed by atoms with E-state index in [1.807, 2.05) is 81.4 Å². The first kappa shape index (κ1) is 32.0. The van der Waals surface area contributed by atoms with E-state index in [2.05, 4.69) is 26.9 Å². The predicted octanol–water partition coefficient (Wildman–Crippen LogP) is 8.80.